The average Bonchev–Trinajstić information content (AvgIpc) is 2.27. The molecule has 0 aliphatic carbocycles. The van der Waals surface area contributed by atoms with Crippen molar-refractivity contribution in [3.05, 3.63) is 35.1 Å². The van der Waals surface area contributed by atoms with Crippen LogP contribution in [0.2, 0.25) is 0 Å². The third kappa shape index (κ3) is 3.45. The molecule has 86 valence electrons. The fourth-order valence-electron chi connectivity index (χ4n) is 1.14. The molecule has 0 radical (unpaired) electrons. The molecule has 0 heterocycles. The molecule has 0 spiro atoms. The lowest BCUT2D eigenvalue weighted by molar-refractivity contribution is 0.508. The monoisotopic (exact) mass is 263 g/mol. The number of hydrogen-bond acceptors (Lipinski definition) is 4. The lowest BCUT2D eigenvalue weighted by Crippen LogP contribution is -2.09. The molecule has 4 nitrogen and oxygen atoms in total. The number of halogens is 2. The number of nitrogens with zero attached hydrogens (tertiary/aromatic N) is 1. The van der Waals surface area contributed by atoms with E-state index in [0.29, 0.717) is 5.56 Å². The molecule has 0 saturated heterocycles. The van der Waals surface area contributed by atoms with Crippen molar-refractivity contribution >= 4 is 22.0 Å². The SMILES string of the molecule is N#Cc1cc(F)ccc1CCS(=O)(=O)OCl. The third-order valence-corrected chi connectivity index (χ3v) is 3.38. The van der Waals surface area contributed by atoms with Crippen LogP contribution in [0.15, 0.2) is 18.2 Å². The normalized spacial score (nSPS) is 11.1. The van der Waals surface area contributed by atoms with Gasteiger partial charge in [0.15, 0.2) is 0 Å². The van der Waals surface area contributed by atoms with Crippen LogP contribution in [-0.4, -0.2) is 14.2 Å². The molecular formula is C9H7ClFNO3S. The van der Waals surface area contributed by atoms with E-state index in [9.17, 15) is 12.8 Å². The Morgan fingerprint density at radius 1 is 1.50 bits per heavy atom. The zero-order chi connectivity index (χ0) is 12.2. The smallest absolute Gasteiger partial charge is 0.207 e. The van der Waals surface area contributed by atoms with E-state index in [2.05, 4.69) is 3.74 Å². The maximum atomic E-state index is 12.8. The van der Waals surface area contributed by atoms with E-state index >= 15 is 0 Å². The zero-order valence-electron chi connectivity index (χ0n) is 7.98. The summed E-state index contributed by atoms with van der Waals surface area (Å²) in [5.74, 6) is -0.909. The van der Waals surface area contributed by atoms with Crippen molar-refractivity contribution in [2.45, 2.75) is 6.42 Å². The van der Waals surface area contributed by atoms with Crippen LogP contribution in [0.4, 0.5) is 4.39 Å². The highest BCUT2D eigenvalue weighted by Gasteiger charge is 2.12. The summed E-state index contributed by atoms with van der Waals surface area (Å²) in [6.45, 7) is 0. The van der Waals surface area contributed by atoms with Crippen molar-refractivity contribution in [3.8, 4) is 6.07 Å². The number of nitriles is 1. The first-order valence-electron chi connectivity index (χ1n) is 4.20. The Morgan fingerprint density at radius 2 is 2.19 bits per heavy atom. The lowest BCUT2D eigenvalue weighted by Gasteiger charge is -2.03. The molecule has 1 aromatic rings. The summed E-state index contributed by atoms with van der Waals surface area (Å²) >= 11 is 4.75. The fraction of sp³-hybridized carbons (Fsp3) is 0.222. The van der Waals surface area contributed by atoms with Crippen molar-refractivity contribution in [2.24, 2.45) is 0 Å². The summed E-state index contributed by atoms with van der Waals surface area (Å²) in [5.41, 5.74) is 0.533. The topological polar surface area (TPSA) is 67.2 Å². The third-order valence-electron chi connectivity index (χ3n) is 1.91. The van der Waals surface area contributed by atoms with Gasteiger partial charge in [0.05, 0.1) is 29.3 Å². The zero-order valence-corrected chi connectivity index (χ0v) is 9.55. The maximum Gasteiger partial charge on any atom is 0.283 e. The van der Waals surface area contributed by atoms with Crippen LogP contribution < -0.4 is 0 Å². The standard InChI is InChI=1S/C9H7ClFNO3S/c10-15-16(13,14)4-3-7-1-2-9(11)5-8(7)6-12/h1-2,5H,3-4H2. The molecule has 0 bridgehead atoms. The first kappa shape index (κ1) is 12.9. The molecule has 0 atom stereocenters. The minimum atomic E-state index is -3.79. The Labute approximate surface area is 97.5 Å². The van der Waals surface area contributed by atoms with E-state index in [1.54, 1.807) is 6.07 Å². The second-order valence-electron chi connectivity index (χ2n) is 2.99. The molecule has 0 fully saturated rings. The molecule has 0 unspecified atom stereocenters. The van der Waals surface area contributed by atoms with Gasteiger partial charge in [-0.2, -0.15) is 17.4 Å². The summed E-state index contributed by atoms with van der Waals surface area (Å²) in [5, 5.41) is 8.71. The van der Waals surface area contributed by atoms with Crippen LogP contribution in [0.1, 0.15) is 11.1 Å². The molecular weight excluding hydrogens is 257 g/mol. The van der Waals surface area contributed by atoms with Crippen LogP contribution >= 0.6 is 11.9 Å². The van der Waals surface area contributed by atoms with Gasteiger partial charge in [-0.15, -0.1) is 0 Å². The number of aryl methyl sites for hydroxylation is 1. The van der Waals surface area contributed by atoms with Crippen LogP contribution in [0.3, 0.4) is 0 Å². The first-order chi connectivity index (χ1) is 7.48. The molecule has 0 N–H and O–H groups in total. The van der Waals surface area contributed by atoms with Crippen molar-refractivity contribution in [2.75, 3.05) is 5.75 Å². The van der Waals surface area contributed by atoms with Crippen LogP contribution in [0, 0.1) is 17.1 Å². The first-order valence-corrected chi connectivity index (χ1v) is 6.08. The average molecular weight is 264 g/mol. The highest BCUT2D eigenvalue weighted by atomic mass is 35.5. The Bertz CT molecular complexity index is 524. The Balaban J connectivity index is 2.87. The van der Waals surface area contributed by atoms with E-state index in [4.69, 9.17) is 17.1 Å². The highest BCUT2D eigenvalue weighted by molar-refractivity contribution is 7.87. The van der Waals surface area contributed by atoms with Gasteiger partial charge < -0.3 is 0 Å². The van der Waals surface area contributed by atoms with Crippen LogP contribution in [0.5, 0.6) is 0 Å². The largest absolute Gasteiger partial charge is 0.283 e. The number of hydrogen-bond donors (Lipinski definition) is 0. The minimum Gasteiger partial charge on any atom is -0.207 e. The molecule has 0 aliphatic heterocycles. The molecule has 1 aromatic carbocycles. The predicted molar refractivity (Wildman–Crippen MR) is 55.5 cm³/mol. The highest BCUT2D eigenvalue weighted by Crippen LogP contribution is 2.12. The number of rotatable bonds is 4. The van der Waals surface area contributed by atoms with Gasteiger partial charge in [-0.25, -0.2) is 4.39 Å². The summed E-state index contributed by atoms with van der Waals surface area (Å²) in [6.07, 6.45) is 0.0399. The lowest BCUT2D eigenvalue weighted by atomic mass is 10.1. The van der Waals surface area contributed by atoms with E-state index in [1.165, 1.54) is 6.07 Å². The summed E-state index contributed by atoms with van der Waals surface area (Å²) in [6, 6.07) is 5.34. The molecule has 0 saturated carbocycles. The van der Waals surface area contributed by atoms with E-state index < -0.39 is 15.9 Å². The van der Waals surface area contributed by atoms with Gasteiger partial charge in [-0.3, -0.25) is 0 Å². The van der Waals surface area contributed by atoms with Crippen molar-refractivity contribution < 1.29 is 16.5 Å². The van der Waals surface area contributed by atoms with Gasteiger partial charge >= 0.3 is 0 Å². The Kier molecular flexibility index (Phi) is 4.24. The van der Waals surface area contributed by atoms with Gasteiger partial charge in [-0.1, -0.05) is 6.07 Å². The van der Waals surface area contributed by atoms with E-state index in [1.807, 2.05) is 0 Å². The molecule has 1 rings (SSSR count). The van der Waals surface area contributed by atoms with E-state index in [-0.39, 0.29) is 17.7 Å². The maximum absolute atomic E-state index is 12.8. The summed E-state index contributed by atoms with van der Waals surface area (Å²) in [4.78, 5) is 0. The van der Waals surface area contributed by atoms with Crippen molar-refractivity contribution in [1.29, 1.82) is 5.26 Å². The van der Waals surface area contributed by atoms with Gasteiger partial charge in [-0.05, 0) is 24.1 Å². The predicted octanol–water partition coefficient (Wildman–Crippen LogP) is 1.74. The van der Waals surface area contributed by atoms with E-state index in [0.717, 1.165) is 12.1 Å². The molecule has 7 heteroatoms. The molecule has 0 amide bonds. The Hall–Kier alpha value is -1.16. The summed E-state index contributed by atoms with van der Waals surface area (Å²) < 4.78 is 38.4. The second kappa shape index (κ2) is 5.25. The number of benzene rings is 1. The Morgan fingerprint density at radius 3 is 2.75 bits per heavy atom. The molecule has 0 aliphatic rings. The minimum absolute atomic E-state index is 0.0399. The van der Waals surface area contributed by atoms with Crippen LogP contribution in [-0.2, 0) is 20.3 Å². The van der Waals surface area contributed by atoms with Gasteiger partial charge in [0.25, 0.3) is 10.1 Å². The fourth-order valence-corrected chi connectivity index (χ4v) is 1.86. The molecule has 16 heavy (non-hydrogen) atoms. The quantitative estimate of drug-likeness (QED) is 0.830. The van der Waals surface area contributed by atoms with Gasteiger partial charge in [0.1, 0.15) is 5.82 Å². The van der Waals surface area contributed by atoms with Crippen molar-refractivity contribution in [1.82, 2.24) is 0 Å². The van der Waals surface area contributed by atoms with Crippen molar-refractivity contribution in [3.63, 3.8) is 0 Å². The summed E-state index contributed by atoms with van der Waals surface area (Å²) in [7, 11) is -3.79. The van der Waals surface area contributed by atoms with Crippen LogP contribution in [0.25, 0.3) is 0 Å². The second-order valence-corrected chi connectivity index (χ2v) is 5.02. The van der Waals surface area contributed by atoms with Gasteiger partial charge in [0.2, 0.25) is 0 Å². The molecule has 0 aromatic heterocycles. The van der Waals surface area contributed by atoms with Gasteiger partial charge in [0, 0.05) is 0 Å².